The third kappa shape index (κ3) is 4.55. The molecule has 0 aromatic heterocycles. The monoisotopic (exact) mass is 318 g/mol. The van der Waals surface area contributed by atoms with Crippen LogP contribution in [0.25, 0.3) is 0 Å². The highest BCUT2D eigenvalue weighted by Crippen LogP contribution is 2.26. The Morgan fingerprint density at radius 2 is 2.00 bits per heavy atom. The fraction of sp³-hybridized carbons (Fsp3) is 0.556. The third-order valence-corrected chi connectivity index (χ3v) is 4.46. The maximum atomic E-state index is 12.2. The van der Waals surface area contributed by atoms with E-state index in [1.165, 1.54) is 6.42 Å². The molecule has 2 amide bonds. The lowest BCUT2D eigenvalue weighted by molar-refractivity contribution is -0.124. The third-order valence-electron chi connectivity index (χ3n) is 4.46. The van der Waals surface area contributed by atoms with E-state index in [2.05, 4.69) is 17.6 Å². The maximum absolute atomic E-state index is 12.2. The molecule has 0 spiro atoms. The van der Waals surface area contributed by atoms with Gasteiger partial charge >= 0.3 is 0 Å². The molecule has 0 unspecified atom stereocenters. The standard InChI is InChI=1S/C18H26N2O3/c1-12-7-4-5-10-15(12)23-11-16(21)20-14-9-6-8-13(2)17(14)18(22)19-3/h6,8-9,12,15H,4-5,7,10-11H2,1-3H3,(H,19,22)(H,20,21)/t12-,15-/m1/s1. The van der Waals surface area contributed by atoms with Crippen molar-refractivity contribution in [2.45, 2.75) is 45.6 Å². The molecular formula is C18H26N2O3. The molecule has 2 atom stereocenters. The number of nitrogens with one attached hydrogen (secondary N) is 2. The van der Waals surface area contributed by atoms with Gasteiger partial charge in [-0.05, 0) is 37.3 Å². The molecule has 2 N–H and O–H groups in total. The Bertz CT molecular complexity index is 571. The highest BCUT2D eigenvalue weighted by Gasteiger charge is 2.23. The van der Waals surface area contributed by atoms with Crippen molar-refractivity contribution in [1.29, 1.82) is 0 Å². The van der Waals surface area contributed by atoms with Crippen LogP contribution in [0.15, 0.2) is 18.2 Å². The van der Waals surface area contributed by atoms with Crippen LogP contribution in [0.1, 0.15) is 48.5 Å². The van der Waals surface area contributed by atoms with Crippen LogP contribution in [0.4, 0.5) is 5.69 Å². The fourth-order valence-corrected chi connectivity index (χ4v) is 3.10. The van der Waals surface area contributed by atoms with Crippen molar-refractivity contribution in [1.82, 2.24) is 5.32 Å². The summed E-state index contributed by atoms with van der Waals surface area (Å²) in [6.45, 7) is 4.04. The van der Waals surface area contributed by atoms with Crippen molar-refractivity contribution in [3.8, 4) is 0 Å². The van der Waals surface area contributed by atoms with Crippen molar-refractivity contribution in [2.75, 3.05) is 19.0 Å². The Morgan fingerprint density at radius 3 is 2.70 bits per heavy atom. The van der Waals surface area contributed by atoms with E-state index in [1.807, 2.05) is 19.1 Å². The first kappa shape index (κ1) is 17.5. The molecule has 23 heavy (non-hydrogen) atoms. The van der Waals surface area contributed by atoms with Crippen molar-refractivity contribution in [3.05, 3.63) is 29.3 Å². The van der Waals surface area contributed by atoms with Crippen LogP contribution in [0.5, 0.6) is 0 Å². The van der Waals surface area contributed by atoms with Gasteiger partial charge in [0.2, 0.25) is 5.91 Å². The fourth-order valence-electron chi connectivity index (χ4n) is 3.10. The lowest BCUT2D eigenvalue weighted by atomic mass is 9.88. The molecule has 1 aliphatic carbocycles. The maximum Gasteiger partial charge on any atom is 0.253 e. The molecule has 0 bridgehead atoms. The number of benzene rings is 1. The number of anilines is 1. The summed E-state index contributed by atoms with van der Waals surface area (Å²) >= 11 is 0. The Morgan fingerprint density at radius 1 is 1.26 bits per heavy atom. The quantitative estimate of drug-likeness (QED) is 0.877. The topological polar surface area (TPSA) is 67.4 Å². The lowest BCUT2D eigenvalue weighted by Crippen LogP contribution is -2.30. The van der Waals surface area contributed by atoms with Crippen LogP contribution in [0.3, 0.4) is 0 Å². The van der Waals surface area contributed by atoms with E-state index in [-0.39, 0.29) is 24.5 Å². The van der Waals surface area contributed by atoms with Gasteiger partial charge in [0.1, 0.15) is 6.61 Å². The van der Waals surface area contributed by atoms with Gasteiger partial charge in [0.25, 0.3) is 5.91 Å². The Balaban J connectivity index is 1.97. The van der Waals surface area contributed by atoms with Crippen molar-refractivity contribution in [2.24, 2.45) is 5.92 Å². The molecule has 2 rings (SSSR count). The summed E-state index contributed by atoms with van der Waals surface area (Å²) in [5.74, 6) is 0.0655. The predicted molar refractivity (Wildman–Crippen MR) is 90.6 cm³/mol. The molecule has 5 nitrogen and oxygen atoms in total. The Kier molecular flexibility index (Phi) is 6.16. The zero-order chi connectivity index (χ0) is 16.8. The second kappa shape index (κ2) is 8.11. The minimum atomic E-state index is -0.224. The SMILES string of the molecule is CNC(=O)c1c(C)cccc1NC(=O)CO[C@@H]1CCCC[C@H]1C. The molecule has 1 aliphatic rings. The number of hydrogen-bond acceptors (Lipinski definition) is 3. The smallest absolute Gasteiger partial charge is 0.253 e. The van der Waals surface area contributed by atoms with Crippen molar-refractivity contribution < 1.29 is 14.3 Å². The van der Waals surface area contributed by atoms with E-state index < -0.39 is 0 Å². The Labute approximate surface area is 137 Å². The van der Waals surface area contributed by atoms with Crippen LogP contribution in [-0.2, 0) is 9.53 Å². The van der Waals surface area contributed by atoms with Gasteiger partial charge in [-0.1, -0.05) is 31.9 Å². The number of amides is 2. The summed E-state index contributed by atoms with van der Waals surface area (Å²) in [6, 6.07) is 5.40. The van der Waals surface area contributed by atoms with Crippen LogP contribution in [-0.4, -0.2) is 31.6 Å². The van der Waals surface area contributed by atoms with Crippen LogP contribution >= 0.6 is 0 Å². The zero-order valence-electron chi connectivity index (χ0n) is 14.1. The summed E-state index contributed by atoms with van der Waals surface area (Å²) in [4.78, 5) is 24.2. The van der Waals surface area contributed by atoms with E-state index in [0.717, 1.165) is 24.8 Å². The molecule has 126 valence electrons. The molecule has 1 fully saturated rings. The molecule has 0 aliphatic heterocycles. The Hall–Kier alpha value is -1.88. The summed E-state index contributed by atoms with van der Waals surface area (Å²) in [5.41, 5.74) is 1.84. The predicted octanol–water partition coefficient (Wildman–Crippen LogP) is 2.89. The molecule has 1 aromatic rings. The molecule has 5 heteroatoms. The average Bonchev–Trinajstić information content (AvgIpc) is 2.53. The van der Waals surface area contributed by atoms with Gasteiger partial charge < -0.3 is 15.4 Å². The zero-order valence-corrected chi connectivity index (χ0v) is 14.1. The van der Waals surface area contributed by atoms with Gasteiger partial charge in [0, 0.05) is 7.05 Å². The highest BCUT2D eigenvalue weighted by atomic mass is 16.5. The first-order valence-corrected chi connectivity index (χ1v) is 8.26. The van der Waals surface area contributed by atoms with E-state index in [0.29, 0.717) is 17.2 Å². The van der Waals surface area contributed by atoms with E-state index in [4.69, 9.17) is 4.74 Å². The van der Waals surface area contributed by atoms with Gasteiger partial charge in [-0.2, -0.15) is 0 Å². The molecule has 1 saturated carbocycles. The lowest BCUT2D eigenvalue weighted by Gasteiger charge is -2.28. The average molecular weight is 318 g/mol. The highest BCUT2D eigenvalue weighted by molar-refractivity contribution is 6.04. The van der Waals surface area contributed by atoms with E-state index in [9.17, 15) is 9.59 Å². The number of aryl methyl sites for hydroxylation is 1. The van der Waals surface area contributed by atoms with Gasteiger partial charge in [0.05, 0.1) is 17.4 Å². The first-order chi connectivity index (χ1) is 11.0. The number of hydrogen-bond donors (Lipinski definition) is 2. The van der Waals surface area contributed by atoms with Gasteiger partial charge in [0.15, 0.2) is 0 Å². The minimum absolute atomic E-state index is 0.0239. The van der Waals surface area contributed by atoms with Crippen LogP contribution in [0.2, 0.25) is 0 Å². The van der Waals surface area contributed by atoms with Crippen LogP contribution in [0, 0.1) is 12.8 Å². The van der Waals surface area contributed by atoms with Gasteiger partial charge in [-0.25, -0.2) is 0 Å². The van der Waals surface area contributed by atoms with E-state index >= 15 is 0 Å². The van der Waals surface area contributed by atoms with Crippen LogP contribution < -0.4 is 10.6 Å². The van der Waals surface area contributed by atoms with Gasteiger partial charge in [-0.3, -0.25) is 9.59 Å². The largest absolute Gasteiger partial charge is 0.368 e. The van der Waals surface area contributed by atoms with E-state index in [1.54, 1.807) is 13.1 Å². The van der Waals surface area contributed by atoms with Crippen molar-refractivity contribution in [3.63, 3.8) is 0 Å². The van der Waals surface area contributed by atoms with Gasteiger partial charge in [-0.15, -0.1) is 0 Å². The molecule has 0 saturated heterocycles. The summed E-state index contributed by atoms with van der Waals surface area (Å²) in [5, 5.41) is 5.40. The first-order valence-electron chi connectivity index (χ1n) is 8.26. The van der Waals surface area contributed by atoms with Crippen molar-refractivity contribution >= 4 is 17.5 Å². The minimum Gasteiger partial charge on any atom is -0.368 e. The summed E-state index contributed by atoms with van der Waals surface area (Å²) in [6.07, 6.45) is 4.74. The second-order valence-electron chi connectivity index (χ2n) is 6.24. The number of ether oxygens (including phenoxy) is 1. The normalized spacial score (nSPS) is 20.8. The molecule has 0 radical (unpaired) electrons. The summed E-state index contributed by atoms with van der Waals surface area (Å²) < 4.78 is 5.77. The second-order valence-corrected chi connectivity index (χ2v) is 6.24. The molecule has 1 aromatic carbocycles. The number of carbonyl (C=O) groups excluding carboxylic acids is 2. The number of carbonyl (C=O) groups is 2. The summed E-state index contributed by atoms with van der Waals surface area (Å²) in [7, 11) is 1.58. The molecular weight excluding hydrogens is 292 g/mol. The molecule has 0 heterocycles. The number of rotatable bonds is 5.